The molecule has 2 rings (SSSR count). The third-order valence-electron chi connectivity index (χ3n) is 3.73. The normalized spacial score (nSPS) is 16.6. The highest BCUT2D eigenvalue weighted by Crippen LogP contribution is 2.30. The van der Waals surface area contributed by atoms with Gasteiger partial charge in [0, 0.05) is 30.3 Å². The maximum atomic E-state index is 14.0. The molecule has 0 amide bonds. The molecule has 1 aliphatic rings. The second kappa shape index (κ2) is 7.36. The first-order valence-corrected chi connectivity index (χ1v) is 7.43. The first-order chi connectivity index (χ1) is 9.63. The van der Waals surface area contributed by atoms with Gasteiger partial charge in [-0.05, 0) is 37.9 Å². The van der Waals surface area contributed by atoms with E-state index in [2.05, 4.69) is 0 Å². The number of hydrogen-bond donors (Lipinski definition) is 1. The van der Waals surface area contributed by atoms with Gasteiger partial charge in [0.25, 0.3) is 0 Å². The molecular weight excluding hydrogens is 279 g/mol. The van der Waals surface area contributed by atoms with Crippen LogP contribution >= 0.6 is 11.6 Å². The molecule has 20 heavy (non-hydrogen) atoms. The third-order valence-corrected chi connectivity index (χ3v) is 4.06. The van der Waals surface area contributed by atoms with E-state index in [4.69, 9.17) is 22.1 Å². The summed E-state index contributed by atoms with van der Waals surface area (Å²) in [6, 6.07) is 4.49. The van der Waals surface area contributed by atoms with Crippen LogP contribution < -0.4 is 5.73 Å². The molecule has 1 atom stereocenters. The Balaban J connectivity index is 1.91. The number of hydrogen-bond acceptors (Lipinski definition) is 3. The number of ether oxygens (including phenoxy) is 1. The quantitative estimate of drug-likeness (QED) is 0.750. The Morgan fingerprint density at radius 2 is 2.25 bits per heavy atom. The Labute approximate surface area is 124 Å². The van der Waals surface area contributed by atoms with Gasteiger partial charge < -0.3 is 10.5 Å². The van der Waals surface area contributed by atoms with E-state index in [0.29, 0.717) is 30.3 Å². The van der Waals surface area contributed by atoms with E-state index in [9.17, 15) is 4.39 Å². The Morgan fingerprint density at radius 1 is 1.50 bits per heavy atom. The molecule has 3 nitrogen and oxygen atoms in total. The number of likely N-dealkylation sites (N-methyl/N-ethyl adjacent to an activating group) is 1. The molecule has 0 aromatic heterocycles. The molecule has 5 heteroatoms. The predicted octanol–water partition coefficient (Wildman–Crippen LogP) is 2.84. The van der Waals surface area contributed by atoms with Crippen LogP contribution in [-0.2, 0) is 4.74 Å². The van der Waals surface area contributed by atoms with Gasteiger partial charge in [-0.3, -0.25) is 4.90 Å². The summed E-state index contributed by atoms with van der Waals surface area (Å²) in [6.45, 7) is 2.50. The van der Waals surface area contributed by atoms with Crippen LogP contribution in [0.5, 0.6) is 0 Å². The summed E-state index contributed by atoms with van der Waals surface area (Å²) in [5.74, 6) is 0.449. The Kier molecular flexibility index (Phi) is 5.78. The minimum Gasteiger partial charge on any atom is -0.380 e. The number of halogens is 2. The molecule has 0 saturated heterocycles. The minimum atomic E-state index is -0.307. The maximum absolute atomic E-state index is 14.0. The van der Waals surface area contributed by atoms with Gasteiger partial charge in [-0.25, -0.2) is 4.39 Å². The lowest BCUT2D eigenvalue weighted by molar-refractivity contribution is 0.0917. The van der Waals surface area contributed by atoms with Crippen molar-refractivity contribution in [3.8, 4) is 0 Å². The highest BCUT2D eigenvalue weighted by Gasteiger charge is 2.23. The predicted molar refractivity (Wildman–Crippen MR) is 79.4 cm³/mol. The molecule has 0 radical (unpaired) electrons. The first-order valence-electron chi connectivity index (χ1n) is 7.05. The molecule has 2 N–H and O–H groups in total. The molecule has 1 aromatic carbocycles. The van der Waals surface area contributed by atoms with Crippen molar-refractivity contribution in [3.63, 3.8) is 0 Å². The van der Waals surface area contributed by atoms with Crippen LogP contribution in [0.15, 0.2) is 18.2 Å². The van der Waals surface area contributed by atoms with E-state index in [-0.39, 0.29) is 11.9 Å². The molecule has 0 heterocycles. The average Bonchev–Trinajstić information content (AvgIpc) is 3.23. The van der Waals surface area contributed by atoms with Crippen LogP contribution in [0.25, 0.3) is 0 Å². The number of nitrogens with zero attached hydrogens (tertiary/aromatic N) is 1. The summed E-state index contributed by atoms with van der Waals surface area (Å²) in [7, 11) is 1.92. The topological polar surface area (TPSA) is 38.5 Å². The zero-order valence-electron chi connectivity index (χ0n) is 11.8. The van der Waals surface area contributed by atoms with Crippen molar-refractivity contribution < 1.29 is 9.13 Å². The van der Waals surface area contributed by atoms with Crippen molar-refractivity contribution in [2.24, 2.45) is 11.7 Å². The van der Waals surface area contributed by atoms with Gasteiger partial charge in [-0.15, -0.1) is 0 Å². The Morgan fingerprint density at radius 3 is 2.85 bits per heavy atom. The van der Waals surface area contributed by atoms with Gasteiger partial charge in [-0.1, -0.05) is 17.7 Å². The van der Waals surface area contributed by atoms with Crippen molar-refractivity contribution in [1.29, 1.82) is 0 Å². The standard InChI is InChI=1S/C15H22ClFN2O/c1-19(7-8-20-10-11-5-6-11)14(9-18)15-12(16)3-2-4-13(15)17/h2-4,11,14H,5-10,18H2,1H3. The largest absolute Gasteiger partial charge is 0.380 e. The smallest absolute Gasteiger partial charge is 0.129 e. The number of rotatable bonds is 8. The third kappa shape index (κ3) is 4.16. The summed E-state index contributed by atoms with van der Waals surface area (Å²) < 4.78 is 19.6. The highest BCUT2D eigenvalue weighted by atomic mass is 35.5. The Bertz CT molecular complexity index is 420. The van der Waals surface area contributed by atoms with Gasteiger partial charge in [0.05, 0.1) is 12.6 Å². The highest BCUT2D eigenvalue weighted by molar-refractivity contribution is 6.31. The molecule has 1 saturated carbocycles. The fraction of sp³-hybridized carbons (Fsp3) is 0.600. The lowest BCUT2D eigenvalue weighted by Gasteiger charge is -2.28. The fourth-order valence-electron chi connectivity index (χ4n) is 2.25. The fourth-order valence-corrected chi connectivity index (χ4v) is 2.54. The molecule has 0 aliphatic heterocycles. The SMILES string of the molecule is CN(CCOCC1CC1)C(CN)c1c(F)cccc1Cl. The van der Waals surface area contributed by atoms with Crippen LogP contribution in [0, 0.1) is 11.7 Å². The zero-order chi connectivity index (χ0) is 14.5. The Hall–Kier alpha value is -0.680. The van der Waals surface area contributed by atoms with Crippen LogP contribution in [0.1, 0.15) is 24.4 Å². The van der Waals surface area contributed by atoms with Crippen LogP contribution in [0.4, 0.5) is 4.39 Å². The summed E-state index contributed by atoms with van der Waals surface area (Å²) in [5, 5.41) is 0.422. The monoisotopic (exact) mass is 300 g/mol. The van der Waals surface area contributed by atoms with Gasteiger partial charge in [0.15, 0.2) is 0 Å². The molecule has 1 aromatic rings. The van der Waals surface area contributed by atoms with Crippen LogP contribution in [0.3, 0.4) is 0 Å². The van der Waals surface area contributed by atoms with Crippen molar-refractivity contribution in [2.45, 2.75) is 18.9 Å². The second-order valence-corrected chi connectivity index (χ2v) is 5.79. The van der Waals surface area contributed by atoms with Gasteiger partial charge in [-0.2, -0.15) is 0 Å². The second-order valence-electron chi connectivity index (χ2n) is 5.39. The average molecular weight is 301 g/mol. The van der Waals surface area contributed by atoms with E-state index in [0.717, 1.165) is 12.5 Å². The van der Waals surface area contributed by atoms with Gasteiger partial charge in [0.1, 0.15) is 5.82 Å². The molecule has 1 unspecified atom stereocenters. The van der Waals surface area contributed by atoms with Gasteiger partial charge in [0.2, 0.25) is 0 Å². The van der Waals surface area contributed by atoms with Crippen molar-refractivity contribution in [1.82, 2.24) is 4.90 Å². The van der Waals surface area contributed by atoms with Crippen LogP contribution in [0.2, 0.25) is 5.02 Å². The lowest BCUT2D eigenvalue weighted by Crippen LogP contribution is -2.34. The zero-order valence-corrected chi connectivity index (χ0v) is 12.6. The first kappa shape index (κ1) is 15.7. The summed E-state index contributed by atoms with van der Waals surface area (Å²) in [5.41, 5.74) is 6.27. The lowest BCUT2D eigenvalue weighted by atomic mass is 10.0. The van der Waals surface area contributed by atoms with Crippen molar-refractivity contribution in [2.75, 3.05) is 33.4 Å². The molecule has 112 valence electrons. The van der Waals surface area contributed by atoms with E-state index >= 15 is 0 Å². The summed E-state index contributed by atoms with van der Waals surface area (Å²) in [6.07, 6.45) is 2.57. The van der Waals surface area contributed by atoms with Crippen LogP contribution in [-0.4, -0.2) is 38.3 Å². The molecule has 0 bridgehead atoms. The maximum Gasteiger partial charge on any atom is 0.129 e. The molecular formula is C15H22ClFN2O. The van der Waals surface area contributed by atoms with E-state index in [1.54, 1.807) is 12.1 Å². The summed E-state index contributed by atoms with van der Waals surface area (Å²) in [4.78, 5) is 2.00. The summed E-state index contributed by atoms with van der Waals surface area (Å²) >= 11 is 6.10. The molecule has 0 spiro atoms. The van der Waals surface area contributed by atoms with Crippen molar-refractivity contribution in [3.05, 3.63) is 34.6 Å². The number of nitrogens with two attached hydrogens (primary N) is 1. The molecule has 1 aliphatic carbocycles. The van der Waals surface area contributed by atoms with Crippen molar-refractivity contribution >= 4 is 11.6 Å². The number of benzene rings is 1. The van der Waals surface area contributed by atoms with E-state index < -0.39 is 0 Å². The minimum absolute atomic E-state index is 0.228. The van der Waals surface area contributed by atoms with E-state index in [1.807, 2.05) is 11.9 Å². The molecule has 1 fully saturated rings. The van der Waals surface area contributed by atoms with Gasteiger partial charge >= 0.3 is 0 Å². The van der Waals surface area contributed by atoms with E-state index in [1.165, 1.54) is 18.9 Å².